The molecule has 1 aromatic carbocycles. The van der Waals surface area contributed by atoms with Gasteiger partial charge in [0, 0.05) is 35.1 Å². The highest BCUT2D eigenvalue weighted by atomic mass is 33.1. The van der Waals surface area contributed by atoms with Gasteiger partial charge in [-0.15, -0.1) is 0 Å². The molecule has 6 saturated carbocycles. The molecule has 6 aliphatic carbocycles. The summed E-state index contributed by atoms with van der Waals surface area (Å²) in [5.74, 6) is 2.79. The van der Waals surface area contributed by atoms with Gasteiger partial charge in [0.2, 0.25) is 0 Å². The van der Waals surface area contributed by atoms with Crippen LogP contribution in [0.4, 0.5) is 5.69 Å². The Balaban J connectivity index is 1.23. The average Bonchev–Trinajstić information content (AvgIpc) is 3.60. The van der Waals surface area contributed by atoms with Gasteiger partial charge in [0.25, 0.3) is 0 Å². The van der Waals surface area contributed by atoms with Gasteiger partial charge >= 0.3 is 0 Å². The first kappa shape index (κ1) is 30.6. The van der Waals surface area contributed by atoms with Gasteiger partial charge in [-0.3, -0.25) is 4.79 Å². The second-order valence-corrected chi connectivity index (χ2v) is 19.4. The topological polar surface area (TPSA) is 78.8 Å². The molecular weight excluding hydrogens is 587 g/mol. The molecule has 12 atom stereocenters. The maximum absolute atomic E-state index is 13.7. The summed E-state index contributed by atoms with van der Waals surface area (Å²) >= 11 is 0. The number of carbonyl (C=O) groups is 1. The van der Waals surface area contributed by atoms with Crippen LogP contribution in [0.15, 0.2) is 24.3 Å². The van der Waals surface area contributed by atoms with Gasteiger partial charge in [-0.2, -0.15) is 0 Å². The van der Waals surface area contributed by atoms with Crippen LogP contribution in [0.2, 0.25) is 0 Å². The van der Waals surface area contributed by atoms with E-state index in [0.29, 0.717) is 24.2 Å². The predicted octanol–water partition coefficient (Wildman–Crippen LogP) is 7.29. The van der Waals surface area contributed by atoms with E-state index in [9.17, 15) is 15.0 Å². The minimum Gasteiger partial charge on any atom is -0.391 e. The molecule has 0 amide bonds. The van der Waals surface area contributed by atoms with Gasteiger partial charge in [0.1, 0.15) is 11.4 Å². The first-order valence-corrected chi connectivity index (χ1v) is 20.0. The highest BCUT2D eigenvalue weighted by Gasteiger charge is 2.88. The van der Waals surface area contributed by atoms with Crippen molar-refractivity contribution in [3.8, 4) is 0 Å². The van der Waals surface area contributed by atoms with E-state index in [1.807, 2.05) is 17.7 Å². The van der Waals surface area contributed by atoms with Crippen LogP contribution in [0.5, 0.6) is 0 Å². The minimum atomic E-state index is -1.05. The van der Waals surface area contributed by atoms with Crippen LogP contribution >= 0.6 is 21.6 Å². The fourth-order valence-electron chi connectivity index (χ4n) is 13.5. The Morgan fingerprint density at radius 2 is 1.84 bits per heavy atom. The predicted molar refractivity (Wildman–Crippen MR) is 180 cm³/mol. The fraction of sp³-hybridized carbons (Fsp3) is 0.811. The molecule has 8 rings (SSSR count). The second-order valence-electron chi connectivity index (χ2n) is 16.6. The molecule has 6 fully saturated rings. The van der Waals surface area contributed by atoms with Crippen LogP contribution in [0.25, 0.3) is 0 Å². The van der Waals surface area contributed by atoms with E-state index >= 15 is 0 Å². The number of carbonyl (C=O) groups excluding carboxylic acids is 1. The highest BCUT2D eigenvalue weighted by molar-refractivity contribution is 8.77. The Hall–Kier alpha value is -0.730. The second kappa shape index (κ2) is 10.4. The van der Waals surface area contributed by atoms with Crippen LogP contribution in [0.3, 0.4) is 0 Å². The van der Waals surface area contributed by atoms with E-state index < -0.39 is 11.7 Å². The monoisotopic (exact) mass is 639 g/mol. The van der Waals surface area contributed by atoms with Crippen molar-refractivity contribution in [2.24, 2.45) is 45.8 Å². The molecule has 0 saturated heterocycles. The van der Waals surface area contributed by atoms with Crippen LogP contribution in [0.1, 0.15) is 97.0 Å². The number of nitrogens with one attached hydrogen (secondary N) is 1. The molecule has 0 unspecified atom stereocenters. The van der Waals surface area contributed by atoms with Gasteiger partial charge in [-0.1, -0.05) is 66.8 Å². The average molecular weight is 640 g/mol. The zero-order valence-electron chi connectivity index (χ0n) is 27.1. The molecular formula is C37H53NO4S2. The van der Waals surface area contributed by atoms with Gasteiger partial charge in [-0.25, -0.2) is 0 Å². The van der Waals surface area contributed by atoms with Gasteiger partial charge in [-0.05, 0) is 110 Å². The number of aliphatic hydroxyl groups excluding tert-OH is 1. The maximum Gasteiger partial charge on any atom is 0.141 e. The molecule has 0 radical (unpaired) electrons. The molecule has 7 aliphatic rings. The highest BCUT2D eigenvalue weighted by Crippen LogP contribution is 2.87. The standard InChI is InChI=1S/C37H53NO4S2/c1-22(39)29-21-43-44-36(12-6-5-7-13-36)28-20-35(19-24(28)15-23-9-8-10-26(16-23)38-29)14-11-25-17-27-32-30(40)18-31(42-4)37(32,41)33(25,2)34(27,35)3/h8-10,16,22,24-25,27-29,31-32,38-39,41H,5-7,11-15,17-21H2,1-4H3/t22-,24+,25-,27-,28+,29-,31+,32+,33-,34-,35+,37+/m0/s1. The van der Waals surface area contributed by atoms with Crippen molar-refractivity contribution in [1.82, 2.24) is 0 Å². The number of hydrogen-bond acceptors (Lipinski definition) is 7. The van der Waals surface area contributed by atoms with Gasteiger partial charge in [0.05, 0.1) is 24.2 Å². The zero-order chi connectivity index (χ0) is 30.7. The number of anilines is 1. The molecule has 1 aliphatic heterocycles. The zero-order valence-corrected chi connectivity index (χ0v) is 28.8. The van der Waals surface area contributed by atoms with Crippen LogP contribution in [-0.2, 0) is 16.0 Å². The summed E-state index contributed by atoms with van der Waals surface area (Å²) < 4.78 is 6.23. The molecule has 6 bridgehead atoms. The molecule has 1 heterocycles. The third-order valence-corrected chi connectivity index (χ3v) is 18.9. The summed E-state index contributed by atoms with van der Waals surface area (Å²) in [5, 5.41) is 27.2. The molecule has 44 heavy (non-hydrogen) atoms. The number of rotatable bonds is 2. The van der Waals surface area contributed by atoms with Gasteiger partial charge in [0.15, 0.2) is 0 Å². The van der Waals surface area contributed by atoms with E-state index in [2.05, 4.69) is 54.2 Å². The normalized spacial score (nSPS) is 49.7. The van der Waals surface area contributed by atoms with Crippen molar-refractivity contribution in [2.75, 3.05) is 18.2 Å². The van der Waals surface area contributed by atoms with Crippen LogP contribution < -0.4 is 5.32 Å². The summed E-state index contributed by atoms with van der Waals surface area (Å²) in [4.78, 5) is 13.7. The van der Waals surface area contributed by atoms with Crippen LogP contribution in [-0.4, -0.2) is 57.5 Å². The number of hydrogen-bond donors (Lipinski definition) is 3. The van der Waals surface area contributed by atoms with Crippen molar-refractivity contribution in [2.45, 2.75) is 126 Å². The van der Waals surface area contributed by atoms with Gasteiger partial charge < -0.3 is 20.3 Å². The largest absolute Gasteiger partial charge is 0.391 e. The number of Topliss-reactive ketones (excluding diaryl/α,β-unsaturated/α-hetero) is 1. The van der Waals surface area contributed by atoms with Crippen molar-refractivity contribution in [3.63, 3.8) is 0 Å². The van der Waals surface area contributed by atoms with E-state index in [1.54, 1.807) is 7.11 Å². The van der Waals surface area contributed by atoms with Crippen molar-refractivity contribution in [1.29, 1.82) is 0 Å². The lowest BCUT2D eigenvalue weighted by molar-refractivity contribution is -0.222. The first-order chi connectivity index (χ1) is 21.0. The smallest absolute Gasteiger partial charge is 0.141 e. The Kier molecular flexibility index (Phi) is 7.22. The lowest BCUT2D eigenvalue weighted by atomic mass is 9.44. The van der Waals surface area contributed by atoms with Crippen molar-refractivity contribution in [3.05, 3.63) is 29.8 Å². The minimum absolute atomic E-state index is 0.0169. The third-order valence-electron chi connectivity index (χ3n) is 15.5. The Morgan fingerprint density at radius 1 is 1.05 bits per heavy atom. The number of benzene rings is 1. The number of ether oxygens (including phenoxy) is 1. The Morgan fingerprint density at radius 3 is 2.59 bits per heavy atom. The first-order valence-electron chi connectivity index (χ1n) is 17.6. The fourth-order valence-corrected chi connectivity index (χ4v) is 17.4. The number of methoxy groups -OCH3 is 1. The summed E-state index contributed by atoms with van der Waals surface area (Å²) in [6.45, 7) is 6.87. The maximum atomic E-state index is 13.7. The van der Waals surface area contributed by atoms with Crippen molar-refractivity contribution >= 4 is 33.1 Å². The molecule has 1 aromatic rings. The quantitative estimate of drug-likeness (QED) is 0.293. The van der Waals surface area contributed by atoms with E-state index in [0.717, 1.165) is 24.3 Å². The lowest BCUT2D eigenvalue weighted by Crippen LogP contribution is -2.63. The summed E-state index contributed by atoms with van der Waals surface area (Å²) in [5.41, 5.74) is 1.21. The van der Waals surface area contributed by atoms with E-state index in [-0.39, 0.29) is 50.8 Å². The third kappa shape index (κ3) is 3.77. The SMILES string of the molecule is CO[C@@H]1CC(=O)[C@H]2[C@@H]3C[C@@H]4CC[C@]5(C[C@H]6Cc7cccc(c7)N[C@H]([C@H](C)O)CSSC7(CCCCC7)[C@@H]6C5)[C@]3(C)[C@@]4(C)[C@@]12O. The number of fused-ring (bicyclic) bond motifs is 6. The Labute approximate surface area is 272 Å². The van der Waals surface area contributed by atoms with E-state index in [4.69, 9.17) is 4.74 Å². The Bertz CT molecular complexity index is 1320. The molecule has 0 aromatic heterocycles. The number of ketones is 1. The molecule has 3 N–H and O–H groups in total. The van der Waals surface area contributed by atoms with E-state index in [1.165, 1.54) is 63.4 Å². The molecule has 5 nitrogen and oxygen atoms in total. The molecule has 242 valence electrons. The number of aliphatic hydroxyl groups is 2. The van der Waals surface area contributed by atoms with Crippen LogP contribution in [0, 0.1) is 45.8 Å². The molecule has 2 spiro atoms. The molecule has 7 heteroatoms. The van der Waals surface area contributed by atoms with Crippen molar-refractivity contribution < 1.29 is 19.7 Å². The lowest BCUT2D eigenvalue weighted by Gasteiger charge is -2.62. The summed E-state index contributed by atoms with van der Waals surface area (Å²) in [6.07, 6.45) is 13.1. The summed E-state index contributed by atoms with van der Waals surface area (Å²) in [7, 11) is 5.88. The summed E-state index contributed by atoms with van der Waals surface area (Å²) in [6, 6.07) is 9.03.